The van der Waals surface area contributed by atoms with Gasteiger partial charge < -0.3 is 15.2 Å². The van der Waals surface area contributed by atoms with Crippen molar-refractivity contribution < 1.29 is 18.3 Å². The summed E-state index contributed by atoms with van der Waals surface area (Å²) in [6.07, 6.45) is -2.69. The first-order chi connectivity index (χ1) is 7.45. The summed E-state index contributed by atoms with van der Waals surface area (Å²) in [4.78, 5) is 0. The van der Waals surface area contributed by atoms with E-state index in [9.17, 15) is 8.78 Å². The van der Waals surface area contributed by atoms with Crippen LogP contribution in [0.1, 0.15) is 12.5 Å². The van der Waals surface area contributed by atoms with Crippen molar-refractivity contribution in [3.63, 3.8) is 0 Å². The molecule has 1 atom stereocenters. The fraction of sp³-hybridized carbons (Fsp3) is 0.455. The van der Waals surface area contributed by atoms with Gasteiger partial charge in [-0.05, 0) is 13.0 Å². The molecule has 90 valence electrons. The van der Waals surface area contributed by atoms with E-state index < -0.39 is 12.0 Å². The number of para-hydroxylation sites is 1. The number of methoxy groups -OCH3 is 2. The van der Waals surface area contributed by atoms with Crippen LogP contribution >= 0.6 is 0 Å². The molecule has 0 bridgehead atoms. The van der Waals surface area contributed by atoms with Crippen LogP contribution in [-0.2, 0) is 5.54 Å². The Morgan fingerprint density at radius 1 is 1.25 bits per heavy atom. The number of alkyl halides is 2. The second-order valence-electron chi connectivity index (χ2n) is 3.62. The first-order valence-corrected chi connectivity index (χ1v) is 4.73. The molecule has 0 saturated carbocycles. The van der Waals surface area contributed by atoms with Crippen LogP contribution in [-0.4, -0.2) is 20.6 Å². The largest absolute Gasteiger partial charge is 0.493 e. The predicted molar refractivity (Wildman–Crippen MR) is 57.1 cm³/mol. The average molecular weight is 231 g/mol. The molecule has 2 N–H and O–H groups in total. The summed E-state index contributed by atoms with van der Waals surface area (Å²) in [6.45, 7) is 1.26. The molecule has 0 aromatic heterocycles. The number of halogens is 2. The molecule has 0 saturated heterocycles. The summed E-state index contributed by atoms with van der Waals surface area (Å²) in [5.74, 6) is 0.632. The van der Waals surface area contributed by atoms with Crippen LogP contribution in [0, 0.1) is 0 Å². The van der Waals surface area contributed by atoms with Gasteiger partial charge in [0.25, 0.3) is 6.43 Å². The van der Waals surface area contributed by atoms with Gasteiger partial charge in [0.2, 0.25) is 0 Å². The van der Waals surface area contributed by atoms with Crippen LogP contribution in [0.25, 0.3) is 0 Å². The fourth-order valence-corrected chi connectivity index (χ4v) is 1.43. The molecule has 1 rings (SSSR count). The van der Waals surface area contributed by atoms with Gasteiger partial charge >= 0.3 is 0 Å². The van der Waals surface area contributed by atoms with E-state index in [0.717, 1.165) is 0 Å². The number of hydrogen-bond donors (Lipinski definition) is 1. The molecule has 1 unspecified atom stereocenters. The van der Waals surface area contributed by atoms with Gasteiger partial charge in [0.05, 0.1) is 14.2 Å². The molecule has 5 heteroatoms. The minimum atomic E-state index is -2.69. The Hall–Kier alpha value is -1.36. The molecule has 0 aliphatic rings. The lowest BCUT2D eigenvalue weighted by Gasteiger charge is -2.26. The van der Waals surface area contributed by atoms with E-state index >= 15 is 0 Å². The van der Waals surface area contributed by atoms with Crippen molar-refractivity contribution in [2.75, 3.05) is 14.2 Å². The third kappa shape index (κ3) is 2.09. The van der Waals surface area contributed by atoms with Crippen LogP contribution in [0.2, 0.25) is 0 Å². The number of rotatable bonds is 4. The molecule has 16 heavy (non-hydrogen) atoms. The molecule has 0 fully saturated rings. The fourth-order valence-electron chi connectivity index (χ4n) is 1.43. The maximum absolute atomic E-state index is 12.8. The molecule has 0 spiro atoms. The van der Waals surface area contributed by atoms with Crippen LogP contribution in [0.4, 0.5) is 8.78 Å². The molecule has 0 aliphatic carbocycles. The van der Waals surface area contributed by atoms with Crippen molar-refractivity contribution in [3.8, 4) is 11.5 Å². The van der Waals surface area contributed by atoms with Gasteiger partial charge in [-0.15, -0.1) is 0 Å². The molecular formula is C11H15F2NO2. The lowest BCUT2D eigenvalue weighted by atomic mass is 9.92. The Labute approximate surface area is 93.2 Å². The number of hydrogen-bond acceptors (Lipinski definition) is 3. The number of benzene rings is 1. The van der Waals surface area contributed by atoms with Crippen molar-refractivity contribution in [2.45, 2.75) is 18.9 Å². The van der Waals surface area contributed by atoms with E-state index in [1.807, 2.05) is 0 Å². The minimum absolute atomic E-state index is 0.226. The van der Waals surface area contributed by atoms with Gasteiger partial charge in [-0.1, -0.05) is 12.1 Å². The second kappa shape index (κ2) is 4.65. The SMILES string of the molecule is COc1cccc(C(C)(N)C(F)F)c1OC. The van der Waals surface area contributed by atoms with E-state index in [4.69, 9.17) is 15.2 Å². The summed E-state index contributed by atoms with van der Waals surface area (Å²) >= 11 is 0. The highest BCUT2D eigenvalue weighted by molar-refractivity contribution is 5.49. The second-order valence-corrected chi connectivity index (χ2v) is 3.62. The van der Waals surface area contributed by atoms with Crippen molar-refractivity contribution in [1.82, 2.24) is 0 Å². The summed E-state index contributed by atoms with van der Waals surface area (Å²) in [7, 11) is 2.83. The molecular weight excluding hydrogens is 216 g/mol. The standard InChI is InChI=1S/C11H15F2NO2/c1-11(14,10(12)13)7-5-4-6-8(15-2)9(7)16-3/h4-6,10H,14H2,1-3H3. The lowest BCUT2D eigenvalue weighted by Crippen LogP contribution is -2.40. The predicted octanol–water partition coefficient (Wildman–Crippen LogP) is 2.14. The van der Waals surface area contributed by atoms with Crippen molar-refractivity contribution in [2.24, 2.45) is 5.73 Å². The molecule has 1 aromatic carbocycles. The first-order valence-electron chi connectivity index (χ1n) is 4.73. The zero-order chi connectivity index (χ0) is 12.3. The zero-order valence-corrected chi connectivity index (χ0v) is 9.46. The molecule has 0 aliphatic heterocycles. The quantitative estimate of drug-likeness (QED) is 0.863. The summed E-state index contributed by atoms with van der Waals surface area (Å²) in [6, 6.07) is 4.74. The topological polar surface area (TPSA) is 44.5 Å². The zero-order valence-electron chi connectivity index (χ0n) is 9.46. The average Bonchev–Trinajstić information content (AvgIpc) is 2.27. The highest BCUT2D eigenvalue weighted by Gasteiger charge is 2.35. The Kier molecular flexibility index (Phi) is 3.70. The van der Waals surface area contributed by atoms with Crippen LogP contribution in [0.15, 0.2) is 18.2 Å². The normalized spacial score (nSPS) is 14.7. The number of nitrogens with two attached hydrogens (primary N) is 1. The van der Waals surface area contributed by atoms with Crippen molar-refractivity contribution >= 4 is 0 Å². The molecule has 3 nitrogen and oxygen atoms in total. The van der Waals surface area contributed by atoms with E-state index in [-0.39, 0.29) is 11.3 Å². The highest BCUT2D eigenvalue weighted by Crippen LogP contribution is 2.38. The van der Waals surface area contributed by atoms with Crippen molar-refractivity contribution in [1.29, 1.82) is 0 Å². The van der Waals surface area contributed by atoms with Gasteiger partial charge in [-0.3, -0.25) is 0 Å². The van der Waals surface area contributed by atoms with E-state index in [1.54, 1.807) is 12.1 Å². The smallest absolute Gasteiger partial charge is 0.260 e. The van der Waals surface area contributed by atoms with E-state index in [0.29, 0.717) is 5.75 Å². The van der Waals surface area contributed by atoms with Gasteiger partial charge in [-0.25, -0.2) is 8.78 Å². The summed E-state index contributed by atoms with van der Waals surface area (Å²) in [5.41, 5.74) is 4.06. The third-order valence-corrected chi connectivity index (χ3v) is 2.44. The van der Waals surface area contributed by atoms with Gasteiger partial charge in [0.15, 0.2) is 11.5 Å². The molecule has 1 aromatic rings. The maximum Gasteiger partial charge on any atom is 0.260 e. The van der Waals surface area contributed by atoms with Gasteiger partial charge in [0.1, 0.15) is 5.54 Å². The summed E-state index contributed by atoms with van der Waals surface area (Å²) < 4.78 is 35.7. The Morgan fingerprint density at radius 2 is 1.88 bits per heavy atom. The molecule has 0 amide bonds. The number of ether oxygens (including phenoxy) is 2. The van der Waals surface area contributed by atoms with Crippen LogP contribution < -0.4 is 15.2 Å². The highest BCUT2D eigenvalue weighted by atomic mass is 19.3. The maximum atomic E-state index is 12.8. The molecule has 0 heterocycles. The third-order valence-electron chi connectivity index (χ3n) is 2.44. The van der Waals surface area contributed by atoms with Gasteiger partial charge in [0, 0.05) is 5.56 Å². The first kappa shape index (κ1) is 12.7. The van der Waals surface area contributed by atoms with Crippen molar-refractivity contribution in [3.05, 3.63) is 23.8 Å². The van der Waals surface area contributed by atoms with Crippen LogP contribution in [0.3, 0.4) is 0 Å². The Balaban J connectivity index is 3.33. The van der Waals surface area contributed by atoms with E-state index in [1.165, 1.54) is 27.2 Å². The van der Waals surface area contributed by atoms with Gasteiger partial charge in [-0.2, -0.15) is 0 Å². The Morgan fingerprint density at radius 3 is 2.31 bits per heavy atom. The Bertz CT molecular complexity index is 367. The molecule has 0 radical (unpaired) electrons. The summed E-state index contributed by atoms with van der Waals surface area (Å²) in [5, 5.41) is 0. The lowest BCUT2D eigenvalue weighted by molar-refractivity contribution is 0.0608. The minimum Gasteiger partial charge on any atom is -0.493 e. The monoisotopic (exact) mass is 231 g/mol. The van der Waals surface area contributed by atoms with E-state index in [2.05, 4.69) is 0 Å². The van der Waals surface area contributed by atoms with Crippen LogP contribution in [0.5, 0.6) is 11.5 Å².